The van der Waals surface area contributed by atoms with Crippen LogP contribution >= 0.6 is 11.8 Å². The lowest BCUT2D eigenvalue weighted by atomic mass is 9.70. The van der Waals surface area contributed by atoms with Crippen molar-refractivity contribution >= 4 is 40.9 Å². The number of hydrogen-bond acceptors (Lipinski definition) is 6. The van der Waals surface area contributed by atoms with Crippen LogP contribution in [0.5, 0.6) is 0 Å². The van der Waals surface area contributed by atoms with Gasteiger partial charge in [-0.3, -0.25) is 14.4 Å². The lowest BCUT2D eigenvalue weighted by Crippen LogP contribution is -2.58. The number of rotatable bonds is 16. The van der Waals surface area contributed by atoms with E-state index < -0.39 is 28.7 Å². The second kappa shape index (κ2) is 15.1. The lowest BCUT2D eigenvalue weighted by molar-refractivity contribution is -0.145. The quantitative estimate of drug-likeness (QED) is 0.251. The smallest absolute Gasteiger partial charge is 0.251 e. The Morgan fingerprint density at radius 2 is 1.66 bits per heavy atom. The number of thioether (sulfide) groups is 1. The molecule has 2 bridgehead atoms. The second-order valence-electron chi connectivity index (χ2n) is 12.8. The Labute approximate surface area is 284 Å². The van der Waals surface area contributed by atoms with Gasteiger partial charge in [-0.15, -0.1) is 24.9 Å². The molecule has 0 radical (unpaired) electrons. The van der Waals surface area contributed by atoms with Crippen LogP contribution in [0.15, 0.2) is 79.9 Å². The maximum atomic E-state index is 15.1. The van der Waals surface area contributed by atoms with E-state index in [1.54, 1.807) is 33.7 Å². The average molecular weight is 659 g/mol. The zero-order valence-corrected chi connectivity index (χ0v) is 28.9. The molecule has 9 heteroatoms. The fourth-order valence-electron chi connectivity index (χ4n) is 8.14. The number of hydrogen-bond donors (Lipinski definition) is 1. The van der Waals surface area contributed by atoms with Gasteiger partial charge in [0.25, 0.3) is 5.91 Å². The van der Waals surface area contributed by atoms with Crippen molar-refractivity contribution in [2.75, 3.05) is 49.1 Å². The molecule has 6 atom stereocenters. The van der Waals surface area contributed by atoms with Crippen LogP contribution in [0.2, 0.25) is 0 Å². The predicted octanol–water partition coefficient (Wildman–Crippen LogP) is 5.17. The highest BCUT2D eigenvalue weighted by molar-refractivity contribution is 8.02. The van der Waals surface area contributed by atoms with E-state index in [9.17, 15) is 14.7 Å². The van der Waals surface area contributed by atoms with Crippen LogP contribution in [-0.4, -0.2) is 94.0 Å². The SMILES string of the molecule is C=CCN(CCC)C(=O)[C@@H]1[C@H]2C(=O)N([C@@H](CO)Cc3ccccc3)C(C(=O)N(CC=C)c3ccc(N(CC)CC)cc3)C23CC[C@H]1S3. The molecule has 0 saturated carbocycles. The number of aliphatic hydroxyl groups is 1. The first-order chi connectivity index (χ1) is 22.8. The molecule has 3 heterocycles. The highest BCUT2D eigenvalue weighted by atomic mass is 32.2. The van der Waals surface area contributed by atoms with Crippen LogP contribution in [0.1, 0.15) is 45.6 Å². The van der Waals surface area contributed by atoms with E-state index in [1.165, 1.54) is 0 Å². The summed E-state index contributed by atoms with van der Waals surface area (Å²) in [5, 5.41) is 10.8. The van der Waals surface area contributed by atoms with Crippen molar-refractivity contribution in [1.82, 2.24) is 9.80 Å². The maximum absolute atomic E-state index is 15.1. The Kier molecular flexibility index (Phi) is 11.2. The fourth-order valence-corrected chi connectivity index (χ4v) is 10.3. The van der Waals surface area contributed by atoms with Gasteiger partial charge < -0.3 is 24.7 Å². The van der Waals surface area contributed by atoms with E-state index in [4.69, 9.17) is 0 Å². The Morgan fingerprint density at radius 1 is 1.00 bits per heavy atom. The summed E-state index contributed by atoms with van der Waals surface area (Å²) in [5.41, 5.74) is 2.78. The molecule has 2 aromatic rings. The third-order valence-electron chi connectivity index (χ3n) is 10.2. The van der Waals surface area contributed by atoms with Crippen LogP contribution in [0.25, 0.3) is 0 Å². The molecule has 3 saturated heterocycles. The summed E-state index contributed by atoms with van der Waals surface area (Å²) in [4.78, 5) is 51.7. The van der Waals surface area contributed by atoms with Gasteiger partial charge in [0.1, 0.15) is 6.04 Å². The number of carbonyl (C=O) groups excluding carboxylic acids is 3. The topological polar surface area (TPSA) is 84.4 Å². The predicted molar refractivity (Wildman–Crippen MR) is 192 cm³/mol. The molecule has 0 aliphatic carbocycles. The molecule has 47 heavy (non-hydrogen) atoms. The number of fused-ring (bicyclic) bond motifs is 1. The lowest BCUT2D eigenvalue weighted by Gasteiger charge is -2.40. The highest BCUT2D eigenvalue weighted by Crippen LogP contribution is 2.67. The standard InChI is InChI=1S/C38H50N4O4S/c1-6-22-40(23-7-2)35(44)32-31-20-21-38(47-31)33(32)36(45)42(30(26-43)25-27-14-12-11-13-15-27)34(38)37(46)41(24-8-3)29-18-16-28(17-19-29)39(9-4)10-5/h6,8,11-19,30-34,43H,1,3,7,9-10,20-26H2,2,4-5H3/t30-,31-,32+,33+,34?,38?/m1/s1. The first kappa shape index (κ1) is 34.8. The molecule has 3 aliphatic heterocycles. The zero-order valence-electron chi connectivity index (χ0n) is 28.1. The van der Waals surface area contributed by atoms with Crippen molar-refractivity contribution in [3.05, 3.63) is 85.5 Å². The van der Waals surface area contributed by atoms with Crippen LogP contribution < -0.4 is 9.80 Å². The second-order valence-corrected chi connectivity index (χ2v) is 14.4. The minimum absolute atomic E-state index is 0.0317. The van der Waals surface area contributed by atoms with E-state index in [0.29, 0.717) is 25.9 Å². The summed E-state index contributed by atoms with van der Waals surface area (Å²) in [7, 11) is 0. The maximum Gasteiger partial charge on any atom is 0.251 e. The van der Waals surface area contributed by atoms with Gasteiger partial charge in [-0.05, 0) is 69.4 Å². The summed E-state index contributed by atoms with van der Waals surface area (Å²) in [6, 6.07) is 16.3. The first-order valence-corrected chi connectivity index (χ1v) is 18.0. The van der Waals surface area contributed by atoms with Crippen LogP contribution in [0.3, 0.4) is 0 Å². The molecule has 2 unspecified atom stereocenters. The third kappa shape index (κ3) is 6.36. The van der Waals surface area contributed by atoms with Gasteiger partial charge in [-0.2, -0.15) is 0 Å². The molecular formula is C38H50N4O4S. The normalized spacial score (nSPS) is 24.9. The Hall–Kier alpha value is -3.56. The van der Waals surface area contributed by atoms with Crippen molar-refractivity contribution in [3.8, 4) is 0 Å². The number of carbonyl (C=O) groups is 3. The van der Waals surface area contributed by atoms with Gasteiger partial charge in [0.15, 0.2) is 0 Å². The monoisotopic (exact) mass is 658 g/mol. The van der Waals surface area contributed by atoms with Gasteiger partial charge in [0.05, 0.1) is 29.2 Å². The van der Waals surface area contributed by atoms with Crippen LogP contribution in [-0.2, 0) is 20.8 Å². The average Bonchev–Trinajstić information content (AvgIpc) is 3.74. The number of aliphatic hydroxyl groups excluding tert-OH is 1. The molecule has 1 N–H and O–H groups in total. The van der Waals surface area contributed by atoms with E-state index in [0.717, 1.165) is 42.9 Å². The Bertz CT molecular complexity index is 1430. The van der Waals surface area contributed by atoms with Crippen molar-refractivity contribution in [2.45, 2.75) is 68.5 Å². The van der Waals surface area contributed by atoms with Gasteiger partial charge in [0, 0.05) is 49.3 Å². The highest BCUT2D eigenvalue weighted by Gasteiger charge is 2.74. The van der Waals surface area contributed by atoms with Gasteiger partial charge in [-0.1, -0.05) is 49.4 Å². The molecular weight excluding hydrogens is 609 g/mol. The van der Waals surface area contributed by atoms with Crippen LogP contribution in [0.4, 0.5) is 11.4 Å². The first-order valence-electron chi connectivity index (χ1n) is 17.1. The number of nitrogens with zero attached hydrogens (tertiary/aromatic N) is 4. The molecule has 2 aromatic carbocycles. The minimum Gasteiger partial charge on any atom is -0.394 e. The molecule has 252 valence electrons. The Balaban J connectivity index is 1.58. The number of anilines is 2. The third-order valence-corrected chi connectivity index (χ3v) is 12.1. The molecule has 0 aromatic heterocycles. The van der Waals surface area contributed by atoms with Crippen molar-refractivity contribution in [2.24, 2.45) is 11.8 Å². The van der Waals surface area contributed by atoms with Crippen molar-refractivity contribution < 1.29 is 19.5 Å². The van der Waals surface area contributed by atoms with E-state index >= 15 is 4.79 Å². The van der Waals surface area contributed by atoms with Crippen molar-refractivity contribution in [1.29, 1.82) is 0 Å². The minimum atomic E-state index is -0.838. The molecule has 3 aliphatic rings. The van der Waals surface area contributed by atoms with Crippen molar-refractivity contribution in [3.63, 3.8) is 0 Å². The molecule has 8 nitrogen and oxygen atoms in total. The summed E-state index contributed by atoms with van der Waals surface area (Å²) in [6.45, 7) is 16.8. The summed E-state index contributed by atoms with van der Waals surface area (Å²) in [5.74, 6) is -1.59. The summed E-state index contributed by atoms with van der Waals surface area (Å²) in [6.07, 6.45) is 6.08. The molecule has 3 amide bonds. The van der Waals surface area contributed by atoms with E-state index in [2.05, 4.69) is 31.9 Å². The van der Waals surface area contributed by atoms with Gasteiger partial charge in [-0.25, -0.2) is 0 Å². The number of likely N-dealkylation sites (tertiary alicyclic amines) is 1. The molecule has 3 fully saturated rings. The number of benzene rings is 2. The Morgan fingerprint density at radius 3 is 2.26 bits per heavy atom. The molecule has 5 rings (SSSR count). The van der Waals surface area contributed by atoms with E-state index in [1.807, 2.05) is 66.4 Å². The summed E-state index contributed by atoms with van der Waals surface area (Å²) < 4.78 is -0.768. The zero-order chi connectivity index (χ0) is 33.7. The number of amides is 3. The van der Waals surface area contributed by atoms with Gasteiger partial charge in [0.2, 0.25) is 11.8 Å². The molecule has 1 spiro atoms. The van der Waals surface area contributed by atoms with E-state index in [-0.39, 0.29) is 36.1 Å². The van der Waals surface area contributed by atoms with Gasteiger partial charge >= 0.3 is 0 Å². The largest absolute Gasteiger partial charge is 0.394 e. The van der Waals surface area contributed by atoms with Crippen LogP contribution in [0, 0.1) is 11.8 Å². The fraction of sp³-hybridized carbons (Fsp3) is 0.500. The summed E-state index contributed by atoms with van der Waals surface area (Å²) >= 11 is 1.66.